The maximum atomic E-state index is 11.2. The Kier molecular flexibility index (Phi) is 9.82. The molecule has 0 spiro atoms. The second-order valence-corrected chi connectivity index (χ2v) is 7.60. The predicted octanol–water partition coefficient (Wildman–Crippen LogP) is -3.15. The summed E-state index contributed by atoms with van der Waals surface area (Å²) in [5.74, 6) is -0.249. The van der Waals surface area contributed by atoms with E-state index in [-0.39, 0.29) is 22.6 Å². The molecule has 0 atom stereocenters. The lowest BCUT2D eigenvalue weighted by molar-refractivity contribution is -0.935. The van der Waals surface area contributed by atoms with E-state index in [1.165, 1.54) is 7.11 Å². The Hall–Kier alpha value is -0.223. The molecule has 7 nitrogen and oxygen atoms in total. The van der Waals surface area contributed by atoms with Gasteiger partial charge in [0, 0.05) is 28.4 Å². The Labute approximate surface area is 122 Å². The van der Waals surface area contributed by atoms with E-state index in [0.29, 0.717) is 13.0 Å². The summed E-state index contributed by atoms with van der Waals surface area (Å²) in [6, 6.07) is 0. The number of rotatable bonds is 8. The number of methoxy groups -OCH3 is 1. The molecule has 0 heterocycles. The van der Waals surface area contributed by atoms with Crippen LogP contribution in [0.1, 0.15) is 6.42 Å². The number of nitrogens with zero attached hydrogens (tertiary/aromatic N) is 2. The van der Waals surface area contributed by atoms with Gasteiger partial charge in [0.15, 0.2) is 0 Å². The van der Waals surface area contributed by atoms with E-state index in [4.69, 9.17) is 13.3 Å². The molecule has 9 heteroatoms. The Bertz CT molecular complexity index is 268. The molecule has 0 aromatic heterocycles. The molecule has 0 N–H and O–H groups in total. The van der Waals surface area contributed by atoms with Gasteiger partial charge in [0.2, 0.25) is 0 Å². The number of hydrogen-bond donors (Lipinski definition) is 0. The third-order valence-corrected chi connectivity index (χ3v) is 6.39. The summed E-state index contributed by atoms with van der Waals surface area (Å²) in [5, 5.41) is 1.93. The van der Waals surface area contributed by atoms with Crippen LogP contribution in [0.2, 0.25) is 0 Å². The van der Waals surface area contributed by atoms with Gasteiger partial charge in [-0.1, -0.05) is 0 Å². The average Bonchev–Trinajstić information content (AvgIpc) is 2.37. The number of ether oxygens (including phenoxy) is 1. The highest BCUT2D eigenvalue weighted by Crippen LogP contribution is 2.21. The standard InChI is InChI=1S/C10H25N2O5Si.ClH/c1-11(9-8-10(13)14-4)12(2,3)18(15-5,16-6)17-7;/h8-9H2,1-7H3;1H/q+1;/p-1. The third kappa shape index (κ3) is 4.67. The molecule has 0 aromatic carbocycles. The molecule has 0 aliphatic carbocycles. The summed E-state index contributed by atoms with van der Waals surface area (Å²) in [4.78, 5) is 11.2. The first-order chi connectivity index (χ1) is 8.31. The Morgan fingerprint density at radius 3 is 1.84 bits per heavy atom. The van der Waals surface area contributed by atoms with Crippen LogP contribution in [-0.4, -0.2) is 80.3 Å². The Morgan fingerprint density at radius 1 is 1.11 bits per heavy atom. The first-order valence-corrected chi connectivity index (χ1v) is 7.26. The van der Waals surface area contributed by atoms with Gasteiger partial charge in [-0.25, -0.2) is 4.26 Å². The van der Waals surface area contributed by atoms with Gasteiger partial charge in [-0.2, -0.15) is 5.01 Å². The van der Waals surface area contributed by atoms with E-state index in [1.54, 1.807) is 21.3 Å². The Balaban J connectivity index is 0. The van der Waals surface area contributed by atoms with Crippen LogP contribution in [0.5, 0.6) is 0 Å². The molecule has 0 unspecified atom stereocenters. The van der Waals surface area contributed by atoms with Gasteiger partial charge < -0.3 is 30.4 Å². The van der Waals surface area contributed by atoms with Crippen molar-refractivity contribution in [1.29, 1.82) is 0 Å². The summed E-state index contributed by atoms with van der Waals surface area (Å²) in [5.41, 5.74) is 0. The van der Waals surface area contributed by atoms with Gasteiger partial charge in [0.1, 0.15) is 0 Å². The maximum Gasteiger partial charge on any atom is 0.803 e. The fourth-order valence-corrected chi connectivity index (χ4v) is 4.09. The first kappa shape index (κ1) is 21.1. The molecule has 0 amide bonds. The van der Waals surface area contributed by atoms with E-state index in [0.717, 1.165) is 0 Å². The second-order valence-electron chi connectivity index (χ2n) is 4.24. The minimum Gasteiger partial charge on any atom is -1.00 e. The zero-order chi connectivity index (χ0) is 14.4. The van der Waals surface area contributed by atoms with E-state index >= 15 is 0 Å². The van der Waals surface area contributed by atoms with Crippen LogP contribution in [0, 0.1) is 0 Å². The molecule has 0 bridgehead atoms. The molecule has 0 saturated carbocycles. The van der Waals surface area contributed by atoms with Crippen LogP contribution in [0.4, 0.5) is 0 Å². The van der Waals surface area contributed by atoms with Crippen LogP contribution in [0.15, 0.2) is 0 Å². The van der Waals surface area contributed by atoms with Gasteiger partial charge in [-0.15, -0.1) is 0 Å². The van der Waals surface area contributed by atoms with Crippen molar-refractivity contribution in [3.8, 4) is 0 Å². The predicted molar refractivity (Wildman–Crippen MR) is 68.2 cm³/mol. The molecule has 0 saturated heterocycles. The molecule has 0 aliphatic heterocycles. The average molecular weight is 317 g/mol. The summed E-state index contributed by atoms with van der Waals surface area (Å²) >= 11 is 0. The number of hydrogen-bond acceptors (Lipinski definition) is 6. The van der Waals surface area contributed by atoms with Crippen LogP contribution in [0.3, 0.4) is 0 Å². The SMILES string of the molecule is COC(=O)CCN(C)[N+](C)(C)[Si](OC)(OC)OC.[Cl-]. The number of esters is 1. The molecular weight excluding hydrogens is 292 g/mol. The van der Waals surface area contributed by atoms with E-state index in [9.17, 15) is 4.79 Å². The van der Waals surface area contributed by atoms with E-state index in [2.05, 4.69) is 4.74 Å². The van der Waals surface area contributed by atoms with Crippen molar-refractivity contribution in [3.05, 3.63) is 0 Å². The molecule has 0 radical (unpaired) electrons. The zero-order valence-corrected chi connectivity index (χ0v) is 14.5. The van der Waals surface area contributed by atoms with Gasteiger partial charge >= 0.3 is 14.9 Å². The zero-order valence-electron chi connectivity index (χ0n) is 12.7. The van der Waals surface area contributed by atoms with Crippen LogP contribution < -0.4 is 12.4 Å². The summed E-state index contributed by atoms with van der Waals surface area (Å²) in [7, 11) is 8.90. The van der Waals surface area contributed by atoms with E-state index in [1.807, 2.05) is 26.2 Å². The molecular formula is C10H25ClN2O5Si. The Morgan fingerprint density at radius 2 is 1.53 bits per heavy atom. The van der Waals surface area contributed by atoms with Crippen molar-refractivity contribution < 1.29 is 39.5 Å². The topological polar surface area (TPSA) is 57.2 Å². The summed E-state index contributed by atoms with van der Waals surface area (Å²) < 4.78 is 21.3. The normalized spacial score (nSPS) is 12.2. The largest absolute Gasteiger partial charge is 1.00 e. The molecule has 19 heavy (non-hydrogen) atoms. The minimum absolute atomic E-state index is 0. The number of carbonyl (C=O) groups is 1. The van der Waals surface area contributed by atoms with Crippen LogP contribution in [0.25, 0.3) is 0 Å². The summed E-state index contributed by atoms with van der Waals surface area (Å²) in [6.45, 7) is 0.518. The minimum atomic E-state index is -2.88. The molecule has 0 fully saturated rings. The lowest BCUT2D eigenvalue weighted by Crippen LogP contribution is -3.00. The summed E-state index contributed by atoms with van der Waals surface area (Å²) in [6.07, 6.45) is 0.302. The smallest absolute Gasteiger partial charge is 0.803 e. The van der Waals surface area contributed by atoms with Crippen LogP contribution >= 0.6 is 0 Å². The fourth-order valence-electron chi connectivity index (χ4n) is 1.73. The monoisotopic (exact) mass is 316 g/mol. The van der Waals surface area contributed by atoms with Gasteiger partial charge in [0.25, 0.3) is 0 Å². The lowest BCUT2D eigenvalue weighted by atomic mass is 10.4. The van der Waals surface area contributed by atoms with Crippen molar-refractivity contribution in [2.75, 3.05) is 56.1 Å². The van der Waals surface area contributed by atoms with E-state index < -0.39 is 8.97 Å². The van der Waals surface area contributed by atoms with Gasteiger partial charge in [0.05, 0.1) is 34.2 Å². The molecule has 0 rings (SSSR count). The fraction of sp³-hybridized carbons (Fsp3) is 0.900. The first-order valence-electron chi connectivity index (χ1n) is 5.59. The number of quaternary nitrogens is 1. The number of carbonyl (C=O) groups excluding carboxylic acids is 1. The molecule has 0 aromatic rings. The lowest BCUT2D eigenvalue weighted by Gasteiger charge is -2.44. The van der Waals surface area contributed by atoms with Crippen LogP contribution in [-0.2, 0) is 22.8 Å². The molecule has 116 valence electrons. The third-order valence-electron chi connectivity index (χ3n) is 3.16. The quantitative estimate of drug-likeness (QED) is 0.268. The van der Waals surface area contributed by atoms with Gasteiger partial charge in [-0.05, 0) is 0 Å². The highest BCUT2D eigenvalue weighted by molar-refractivity contribution is 6.52. The van der Waals surface area contributed by atoms with Crippen molar-refractivity contribution >= 4 is 14.9 Å². The second kappa shape index (κ2) is 8.85. The van der Waals surface area contributed by atoms with Crippen molar-refractivity contribution in [3.63, 3.8) is 0 Å². The number of halogens is 1. The molecule has 0 aliphatic rings. The van der Waals surface area contributed by atoms with Crippen molar-refractivity contribution in [2.24, 2.45) is 0 Å². The highest BCUT2D eigenvalue weighted by atomic mass is 35.5. The van der Waals surface area contributed by atoms with Gasteiger partial charge in [-0.3, -0.25) is 4.79 Å². The van der Waals surface area contributed by atoms with Crippen molar-refractivity contribution in [2.45, 2.75) is 6.42 Å². The highest BCUT2D eigenvalue weighted by Gasteiger charge is 2.63. The maximum absolute atomic E-state index is 11.2. The van der Waals surface area contributed by atoms with Crippen molar-refractivity contribution in [1.82, 2.24) is 5.01 Å².